The molecule has 1 fully saturated rings. The van der Waals surface area contributed by atoms with Crippen LogP contribution >= 0.6 is 15.9 Å². The standard InChI is InChI=1S/C16H25BrN4/c1-18-16(19-10-13-8-9-20(2)11-13)21(3)12-14-6-4-5-7-15(14)17/h4-7,13H,8-12H2,1-3H3,(H,18,19). The van der Waals surface area contributed by atoms with E-state index in [4.69, 9.17) is 0 Å². The van der Waals surface area contributed by atoms with Crippen molar-refractivity contribution >= 4 is 21.9 Å². The molecule has 5 heteroatoms. The first kappa shape index (κ1) is 16.3. The van der Waals surface area contributed by atoms with Crippen molar-refractivity contribution in [1.29, 1.82) is 0 Å². The van der Waals surface area contributed by atoms with Crippen molar-refractivity contribution in [2.75, 3.05) is 40.8 Å². The number of nitrogens with zero attached hydrogens (tertiary/aromatic N) is 3. The minimum absolute atomic E-state index is 0.726. The minimum atomic E-state index is 0.726. The predicted octanol–water partition coefficient (Wildman–Crippen LogP) is 2.41. The number of benzene rings is 1. The number of hydrogen-bond acceptors (Lipinski definition) is 2. The van der Waals surface area contributed by atoms with Crippen molar-refractivity contribution in [3.05, 3.63) is 34.3 Å². The Balaban J connectivity index is 1.87. The van der Waals surface area contributed by atoms with Gasteiger partial charge in [0.05, 0.1) is 0 Å². The van der Waals surface area contributed by atoms with Crippen LogP contribution in [-0.4, -0.2) is 56.5 Å². The van der Waals surface area contributed by atoms with E-state index in [-0.39, 0.29) is 0 Å². The van der Waals surface area contributed by atoms with Gasteiger partial charge < -0.3 is 15.1 Å². The van der Waals surface area contributed by atoms with Crippen molar-refractivity contribution < 1.29 is 0 Å². The second kappa shape index (κ2) is 7.80. The number of nitrogens with one attached hydrogen (secondary N) is 1. The summed E-state index contributed by atoms with van der Waals surface area (Å²) in [6, 6.07) is 8.32. The van der Waals surface area contributed by atoms with Gasteiger partial charge in [0.1, 0.15) is 0 Å². The predicted molar refractivity (Wildman–Crippen MR) is 92.6 cm³/mol. The van der Waals surface area contributed by atoms with Crippen LogP contribution in [0, 0.1) is 5.92 Å². The van der Waals surface area contributed by atoms with Crippen molar-refractivity contribution in [2.45, 2.75) is 13.0 Å². The summed E-state index contributed by atoms with van der Waals surface area (Å²) in [6.07, 6.45) is 1.27. The Hall–Kier alpha value is -1.07. The average Bonchev–Trinajstić information content (AvgIpc) is 2.88. The zero-order valence-electron chi connectivity index (χ0n) is 13.1. The molecule has 0 spiro atoms. The molecule has 0 bridgehead atoms. The quantitative estimate of drug-likeness (QED) is 0.666. The Labute approximate surface area is 136 Å². The van der Waals surface area contributed by atoms with Gasteiger partial charge in [-0.3, -0.25) is 4.99 Å². The molecule has 1 aliphatic rings. The fourth-order valence-electron chi connectivity index (χ4n) is 2.77. The molecule has 1 aromatic carbocycles. The number of guanidine groups is 1. The van der Waals surface area contributed by atoms with E-state index in [9.17, 15) is 0 Å². The largest absolute Gasteiger partial charge is 0.356 e. The van der Waals surface area contributed by atoms with Crippen LogP contribution in [0.5, 0.6) is 0 Å². The van der Waals surface area contributed by atoms with Crippen LogP contribution in [-0.2, 0) is 6.54 Å². The first-order valence-electron chi connectivity index (χ1n) is 7.44. The number of hydrogen-bond donors (Lipinski definition) is 1. The second-order valence-corrected chi connectivity index (χ2v) is 6.65. The summed E-state index contributed by atoms with van der Waals surface area (Å²) in [5.74, 6) is 1.68. The van der Waals surface area contributed by atoms with Crippen molar-refractivity contribution in [1.82, 2.24) is 15.1 Å². The van der Waals surface area contributed by atoms with Gasteiger partial charge in [-0.05, 0) is 37.6 Å². The zero-order chi connectivity index (χ0) is 15.2. The number of aliphatic imine (C=N–C) groups is 1. The van der Waals surface area contributed by atoms with Gasteiger partial charge in [0, 0.05) is 38.2 Å². The molecule has 1 atom stereocenters. The molecule has 0 aromatic heterocycles. The third-order valence-electron chi connectivity index (χ3n) is 3.98. The first-order chi connectivity index (χ1) is 10.1. The summed E-state index contributed by atoms with van der Waals surface area (Å²) in [4.78, 5) is 8.95. The Morgan fingerprint density at radius 1 is 1.48 bits per heavy atom. The van der Waals surface area contributed by atoms with E-state index in [0.717, 1.165) is 29.4 Å². The highest BCUT2D eigenvalue weighted by molar-refractivity contribution is 9.10. The lowest BCUT2D eigenvalue weighted by Gasteiger charge is -2.24. The van der Waals surface area contributed by atoms with Crippen molar-refractivity contribution in [2.24, 2.45) is 10.9 Å². The van der Waals surface area contributed by atoms with E-state index >= 15 is 0 Å². The molecule has 21 heavy (non-hydrogen) atoms. The Bertz CT molecular complexity index is 489. The maximum atomic E-state index is 4.40. The summed E-state index contributed by atoms with van der Waals surface area (Å²) >= 11 is 3.60. The van der Waals surface area contributed by atoms with E-state index in [1.165, 1.54) is 25.1 Å². The molecule has 2 rings (SSSR count). The maximum Gasteiger partial charge on any atom is 0.193 e. The van der Waals surface area contributed by atoms with E-state index < -0.39 is 0 Å². The number of rotatable bonds is 4. The first-order valence-corrected chi connectivity index (χ1v) is 8.23. The molecule has 0 amide bonds. The molecule has 1 aliphatic heterocycles. The van der Waals surface area contributed by atoms with Gasteiger partial charge >= 0.3 is 0 Å². The lowest BCUT2D eigenvalue weighted by Crippen LogP contribution is -2.41. The smallest absolute Gasteiger partial charge is 0.193 e. The molecular weight excluding hydrogens is 328 g/mol. The van der Waals surface area contributed by atoms with Gasteiger partial charge in [-0.25, -0.2) is 0 Å². The van der Waals surface area contributed by atoms with E-state index in [1.54, 1.807) is 0 Å². The average molecular weight is 353 g/mol. The molecule has 4 nitrogen and oxygen atoms in total. The van der Waals surface area contributed by atoms with Crippen LogP contribution in [0.25, 0.3) is 0 Å². The minimum Gasteiger partial charge on any atom is -0.356 e. The highest BCUT2D eigenvalue weighted by Crippen LogP contribution is 2.17. The van der Waals surface area contributed by atoms with Crippen LogP contribution in [0.1, 0.15) is 12.0 Å². The third kappa shape index (κ3) is 4.71. The summed E-state index contributed by atoms with van der Waals surface area (Å²) in [7, 11) is 6.11. The van der Waals surface area contributed by atoms with Crippen LogP contribution in [0.3, 0.4) is 0 Å². The molecule has 1 saturated heterocycles. The van der Waals surface area contributed by atoms with E-state index in [0.29, 0.717) is 0 Å². The highest BCUT2D eigenvalue weighted by atomic mass is 79.9. The maximum absolute atomic E-state index is 4.40. The van der Waals surface area contributed by atoms with Crippen molar-refractivity contribution in [3.8, 4) is 0 Å². The third-order valence-corrected chi connectivity index (χ3v) is 4.75. The van der Waals surface area contributed by atoms with Gasteiger partial charge in [-0.1, -0.05) is 34.1 Å². The zero-order valence-corrected chi connectivity index (χ0v) is 14.7. The van der Waals surface area contributed by atoms with Gasteiger partial charge in [0.2, 0.25) is 0 Å². The molecule has 116 valence electrons. The van der Waals surface area contributed by atoms with Crippen LogP contribution < -0.4 is 5.32 Å². The molecule has 1 heterocycles. The SMILES string of the molecule is CN=C(NCC1CCN(C)C1)N(C)Cc1ccccc1Br. The Morgan fingerprint density at radius 2 is 2.24 bits per heavy atom. The van der Waals surface area contributed by atoms with Crippen molar-refractivity contribution in [3.63, 3.8) is 0 Å². The summed E-state index contributed by atoms with van der Waals surface area (Å²) in [5, 5.41) is 3.51. The molecular formula is C16H25BrN4. The van der Waals surface area contributed by atoms with Crippen LogP contribution in [0.4, 0.5) is 0 Å². The summed E-state index contributed by atoms with van der Waals surface area (Å²) in [6.45, 7) is 4.22. The summed E-state index contributed by atoms with van der Waals surface area (Å²) in [5.41, 5.74) is 1.27. The van der Waals surface area contributed by atoms with Crippen LogP contribution in [0.15, 0.2) is 33.7 Å². The molecule has 0 radical (unpaired) electrons. The topological polar surface area (TPSA) is 30.9 Å². The normalized spacial score (nSPS) is 19.8. The number of halogens is 1. The Kier molecular flexibility index (Phi) is 6.06. The second-order valence-electron chi connectivity index (χ2n) is 5.79. The monoisotopic (exact) mass is 352 g/mol. The summed E-state index contributed by atoms with van der Waals surface area (Å²) < 4.78 is 1.14. The van der Waals surface area contributed by atoms with Gasteiger partial charge in [0.15, 0.2) is 5.96 Å². The van der Waals surface area contributed by atoms with Gasteiger partial charge in [-0.15, -0.1) is 0 Å². The van der Waals surface area contributed by atoms with Gasteiger partial charge in [-0.2, -0.15) is 0 Å². The molecule has 1 N–H and O–H groups in total. The molecule has 1 aromatic rings. The molecule has 0 saturated carbocycles. The number of likely N-dealkylation sites (tertiary alicyclic amines) is 1. The van der Waals surface area contributed by atoms with Crippen LogP contribution in [0.2, 0.25) is 0 Å². The Morgan fingerprint density at radius 3 is 2.86 bits per heavy atom. The highest BCUT2D eigenvalue weighted by Gasteiger charge is 2.20. The lowest BCUT2D eigenvalue weighted by molar-refractivity contribution is 0.390. The fourth-order valence-corrected chi connectivity index (χ4v) is 3.18. The van der Waals surface area contributed by atoms with E-state index in [2.05, 4.69) is 68.3 Å². The lowest BCUT2D eigenvalue weighted by atomic mass is 10.1. The van der Waals surface area contributed by atoms with E-state index in [1.807, 2.05) is 13.1 Å². The molecule has 0 aliphatic carbocycles. The van der Waals surface area contributed by atoms with Gasteiger partial charge in [0.25, 0.3) is 0 Å². The molecule has 1 unspecified atom stereocenters. The fraction of sp³-hybridized carbons (Fsp3) is 0.562.